The van der Waals surface area contributed by atoms with Gasteiger partial charge < -0.3 is 35.5 Å². The minimum absolute atomic E-state index is 0.0330. The van der Waals surface area contributed by atoms with Crippen molar-refractivity contribution in [3.05, 3.63) is 71.4 Å². The first-order valence-corrected chi connectivity index (χ1v) is 12.2. The third-order valence-corrected chi connectivity index (χ3v) is 7.19. The number of para-hydroxylation sites is 1. The molecule has 0 saturated carbocycles. The minimum atomic E-state index is -1.24. The number of aliphatic hydroxyl groups is 1. The molecular weight excluding hydrogens is 494 g/mol. The second-order valence-electron chi connectivity index (χ2n) is 10.1. The van der Waals surface area contributed by atoms with Gasteiger partial charge in [0.1, 0.15) is 17.7 Å². The van der Waals surface area contributed by atoms with Crippen LogP contribution >= 0.6 is 0 Å². The molecule has 5 N–H and O–H groups in total. The number of amides is 2. The van der Waals surface area contributed by atoms with E-state index in [4.69, 9.17) is 9.47 Å². The second-order valence-corrected chi connectivity index (χ2v) is 10.1. The Morgan fingerprint density at radius 3 is 2.74 bits per heavy atom. The molecule has 1 unspecified atom stereocenters. The average molecular weight is 521 g/mol. The number of carbonyl (C=O) groups excluding carboxylic acids is 1. The van der Waals surface area contributed by atoms with Crippen LogP contribution in [0.25, 0.3) is 22.0 Å². The van der Waals surface area contributed by atoms with Crippen LogP contribution in [0.3, 0.4) is 0 Å². The molecule has 0 spiro atoms. The Morgan fingerprint density at radius 1 is 1.13 bits per heavy atom. The lowest BCUT2D eigenvalue weighted by molar-refractivity contribution is 0.0712. The van der Waals surface area contributed by atoms with Gasteiger partial charge in [-0.2, -0.15) is 0 Å². The SMILES string of the molecule is Cc1c[nH]c2c(-c3c(F)cc4c(c3F)C(NC(=O)Nc3ccc5c(c3)OCO5)[C@@H](O)C(C)(C)N4)cccc12. The summed E-state index contributed by atoms with van der Waals surface area (Å²) in [4.78, 5) is 16.1. The van der Waals surface area contributed by atoms with E-state index >= 15 is 8.78 Å². The van der Waals surface area contributed by atoms with Gasteiger partial charge in [-0.15, -0.1) is 0 Å². The Morgan fingerprint density at radius 2 is 1.92 bits per heavy atom. The normalized spacial score (nSPS) is 19.1. The number of fused-ring (bicyclic) bond motifs is 3. The van der Waals surface area contributed by atoms with Crippen molar-refractivity contribution in [2.75, 3.05) is 17.4 Å². The number of aliphatic hydroxyl groups excluding tert-OH is 1. The van der Waals surface area contributed by atoms with Crippen molar-refractivity contribution in [3.63, 3.8) is 0 Å². The molecule has 38 heavy (non-hydrogen) atoms. The molecule has 6 rings (SSSR count). The topological polar surface area (TPSA) is 108 Å². The fourth-order valence-corrected chi connectivity index (χ4v) is 5.22. The number of hydrogen-bond acceptors (Lipinski definition) is 5. The first kappa shape index (κ1) is 24.1. The standard InChI is InChI=1S/C28H26F2N4O4/c1-13-11-31-24-15(13)5-4-6-16(24)21-17(29)10-18-22(23(21)30)25(26(35)28(2,3)34-18)33-27(36)32-14-7-8-19-20(9-14)38-12-37-19/h4-11,25-26,31,34-35H,12H2,1-3H3,(H2,32,33,36)/t25?,26-/m1/s1. The number of aryl methyl sites for hydroxylation is 1. The highest BCUT2D eigenvalue weighted by molar-refractivity contribution is 5.97. The van der Waals surface area contributed by atoms with Gasteiger partial charge in [-0.05, 0) is 44.5 Å². The van der Waals surface area contributed by atoms with Crippen LogP contribution in [-0.2, 0) is 0 Å². The van der Waals surface area contributed by atoms with Crippen molar-refractivity contribution in [3.8, 4) is 22.6 Å². The number of nitrogens with one attached hydrogen (secondary N) is 4. The molecule has 196 valence electrons. The van der Waals surface area contributed by atoms with Crippen LogP contribution in [0.2, 0.25) is 0 Å². The highest BCUT2D eigenvalue weighted by atomic mass is 19.1. The first-order chi connectivity index (χ1) is 18.1. The number of aromatic nitrogens is 1. The molecular formula is C28H26F2N4O4. The van der Waals surface area contributed by atoms with Gasteiger partial charge in [-0.25, -0.2) is 13.6 Å². The van der Waals surface area contributed by atoms with Gasteiger partial charge in [0.2, 0.25) is 6.79 Å². The molecule has 2 aliphatic heterocycles. The summed E-state index contributed by atoms with van der Waals surface area (Å²) >= 11 is 0. The highest BCUT2D eigenvalue weighted by Gasteiger charge is 2.44. The fraction of sp³-hybridized carbons (Fsp3) is 0.250. The summed E-state index contributed by atoms with van der Waals surface area (Å²) in [5.41, 5.74) is 1.18. The third kappa shape index (κ3) is 3.79. The molecule has 0 bridgehead atoms. The largest absolute Gasteiger partial charge is 0.454 e. The van der Waals surface area contributed by atoms with Crippen LogP contribution in [0, 0.1) is 18.6 Å². The van der Waals surface area contributed by atoms with Crippen LogP contribution in [0.4, 0.5) is 25.0 Å². The Hall–Kier alpha value is -4.31. The van der Waals surface area contributed by atoms with E-state index in [1.54, 1.807) is 50.4 Å². The molecule has 1 aromatic heterocycles. The molecule has 0 aliphatic carbocycles. The van der Waals surface area contributed by atoms with E-state index < -0.39 is 35.4 Å². The maximum absolute atomic E-state index is 16.3. The van der Waals surface area contributed by atoms with Gasteiger partial charge >= 0.3 is 6.03 Å². The van der Waals surface area contributed by atoms with Crippen molar-refractivity contribution in [2.45, 2.75) is 38.5 Å². The Balaban J connectivity index is 1.41. The number of H-pyrrole nitrogens is 1. The van der Waals surface area contributed by atoms with Crippen LogP contribution < -0.4 is 25.4 Å². The van der Waals surface area contributed by atoms with Crippen molar-refractivity contribution in [1.29, 1.82) is 0 Å². The van der Waals surface area contributed by atoms with E-state index in [0.29, 0.717) is 28.3 Å². The Labute approximate surface area is 217 Å². The van der Waals surface area contributed by atoms with E-state index in [1.807, 2.05) is 13.0 Å². The number of urea groups is 1. The zero-order valence-corrected chi connectivity index (χ0v) is 20.9. The quantitative estimate of drug-likeness (QED) is 0.243. The molecule has 3 aromatic carbocycles. The Kier molecular flexibility index (Phi) is 5.46. The number of anilines is 2. The van der Waals surface area contributed by atoms with Crippen LogP contribution in [-0.4, -0.2) is 34.6 Å². The molecule has 2 atom stereocenters. The number of benzene rings is 3. The molecule has 2 aliphatic rings. The van der Waals surface area contributed by atoms with Gasteiger partial charge in [0, 0.05) is 40.2 Å². The number of hydrogen-bond donors (Lipinski definition) is 5. The van der Waals surface area contributed by atoms with E-state index in [2.05, 4.69) is 20.9 Å². The molecule has 2 amide bonds. The second kappa shape index (κ2) is 8.63. The number of carbonyl (C=O) groups is 1. The highest BCUT2D eigenvalue weighted by Crippen LogP contribution is 2.44. The molecule has 0 saturated heterocycles. The maximum atomic E-state index is 16.3. The monoisotopic (exact) mass is 520 g/mol. The van der Waals surface area contributed by atoms with Crippen LogP contribution in [0.5, 0.6) is 11.5 Å². The summed E-state index contributed by atoms with van der Waals surface area (Å²) in [5.74, 6) is -0.583. The van der Waals surface area contributed by atoms with Gasteiger partial charge in [0.05, 0.1) is 22.7 Å². The number of ether oxygens (including phenoxy) is 2. The smallest absolute Gasteiger partial charge is 0.319 e. The molecule has 3 heterocycles. The first-order valence-electron chi connectivity index (χ1n) is 12.2. The van der Waals surface area contributed by atoms with Crippen molar-refractivity contribution in [1.82, 2.24) is 10.3 Å². The third-order valence-electron chi connectivity index (χ3n) is 7.19. The number of aromatic amines is 1. The number of halogens is 2. The predicted molar refractivity (Wildman–Crippen MR) is 140 cm³/mol. The fourth-order valence-electron chi connectivity index (χ4n) is 5.22. The summed E-state index contributed by atoms with van der Waals surface area (Å²) in [6, 6.07) is 9.50. The van der Waals surface area contributed by atoms with E-state index in [-0.39, 0.29) is 23.6 Å². The molecule has 0 fully saturated rings. The molecule has 8 nitrogen and oxygen atoms in total. The van der Waals surface area contributed by atoms with E-state index in [9.17, 15) is 9.90 Å². The minimum Gasteiger partial charge on any atom is -0.454 e. The van der Waals surface area contributed by atoms with Gasteiger partial charge in [0.15, 0.2) is 11.5 Å². The van der Waals surface area contributed by atoms with Gasteiger partial charge in [-0.1, -0.05) is 18.2 Å². The molecule has 0 radical (unpaired) electrons. The molecule has 10 heteroatoms. The van der Waals surface area contributed by atoms with Crippen molar-refractivity contribution < 1.29 is 28.2 Å². The summed E-state index contributed by atoms with van der Waals surface area (Å²) < 4.78 is 42.5. The summed E-state index contributed by atoms with van der Waals surface area (Å²) in [7, 11) is 0. The lowest BCUT2D eigenvalue weighted by Gasteiger charge is -2.43. The van der Waals surface area contributed by atoms with Crippen LogP contribution in [0.1, 0.15) is 31.0 Å². The summed E-state index contributed by atoms with van der Waals surface area (Å²) in [6.07, 6.45) is 0.537. The summed E-state index contributed by atoms with van der Waals surface area (Å²) in [5, 5.41) is 20.5. The average Bonchev–Trinajstić information content (AvgIpc) is 3.48. The molecule has 4 aromatic rings. The Bertz CT molecular complexity index is 1600. The van der Waals surface area contributed by atoms with Gasteiger partial charge in [-0.3, -0.25) is 0 Å². The van der Waals surface area contributed by atoms with Crippen LogP contribution in [0.15, 0.2) is 48.7 Å². The van der Waals surface area contributed by atoms with E-state index in [1.165, 1.54) is 6.07 Å². The maximum Gasteiger partial charge on any atom is 0.319 e. The van der Waals surface area contributed by atoms with Gasteiger partial charge in [0.25, 0.3) is 0 Å². The van der Waals surface area contributed by atoms with Crippen molar-refractivity contribution >= 4 is 28.3 Å². The number of rotatable bonds is 3. The summed E-state index contributed by atoms with van der Waals surface area (Å²) in [6.45, 7) is 5.38. The zero-order chi connectivity index (χ0) is 26.8. The van der Waals surface area contributed by atoms with Crippen molar-refractivity contribution in [2.24, 2.45) is 0 Å². The predicted octanol–water partition coefficient (Wildman–Crippen LogP) is 5.58. The lowest BCUT2D eigenvalue weighted by atomic mass is 9.81. The van der Waals surface area contributed by atoms with E-state index in [0.717, 1.165) is 10.9 Å². The zero-order valence-electron chi connectivity index (χ0n) is 20.9. The lowest BCUT2D eigenvalue weighted by Crippen LogP contribution is -2.55.